The van der Waals surface area contributed by atoms with E-state index in [1.54, 1.807) is 18.2 Å². The van der Waals surface area contributed by atoms with Gasteiger partial charge >= 0.3 is 0 Å². The molecule has 1 saturated heterocycles. The first-order chi connectivity index (χ1) is 13.4. The SMILES string of the molecule is CN(C)Cc1ccc(CN=C(N)N2CCN(c3ccc(F)cc3)CC2)cc1F. The molecule has 1 heterocycles. The number of hydrogen-bond acceptors (Lipinski definition) is 3. The Bertz CT molecular complexity index is 812. The van der Waals surface area contributed by atoms with Crippen LogP contribution >= 0.6 is 0 Å². The second kappa shape index (κ2) is 9.01. The van der Waals surface area contributed by atoms with Crippen molar-refractivity contribution in [2.45, 2.75) is 13.1 Å². The van der Waals surface area contributed by atoms with Crippen LogP contribution in [0.25, 0.3) is 0 Å². The average Bonchev–Trinajstić information content (AvgIpc) is 2.68. The molecule has 0 spiro atoms. The number of benzene rings is 2. The lowest BCUT2D eigenvalue weighted by atomic mass is 10.1. The van der Waals surface area contributed by atoms with Gasteiger partial charge in [0.2, 0.25) is 0 Å². The minimum absolute atomic E-state index is 0.215. The Hall–Kier alpha value is -2.67. The van der Waals surface area contributed by atoms with Crippen LogP contribution in [0.15, 0.2) is 47.5 Å². The second-order valence-electron chi connectivity index (χ2n) is 7.29. The van der Waals surface area contributed by atoms with Crippen LogP contribution in [0.5, 0.6) is 0 Å². The summed E-state index contributed by atoms with van der Waals surface area (Å²) < 4.78 is 27.2. The second-order valence-corrected chi connectivity index (χ2v) is 7.29. The van der Waals surface area contributed by atoms with Gasteiger partial charge in [0.05, 0.1) is 6.54 Å². The van der Waals surface area contributed by atoms with Crippen LogP contribution in [0.1, 0.15) is 11.1 Å². The highest BCUT2D eigenvalue weighted by atomic mass is 19.1. The van der Waals surface area contributed by atoms with Crippen molar-refractivity contribution in [1.82, 2.24) is 9.80 Å². The van der Waals surface area contributed by atoms with Crippen LogP contribution in [-0.2, 0) is 13.1 Å². The van der Waals surface area contributed by atoms with Crippen LogP contribution in [0.4, 0.5) is 14.5 Å². The molecular weight excluding hydrogens is 360 g/mol. The summed E-state index contributed by atoms with van der Waals surface area (Å²) in [7, 11) is 3.82. The van der Waals surface area contributed by atoms with Gasteiger partial charge in [-0.25, -0.2) is 13.8 Å². The van der Waals surface area contributed by atoms with Gasteiger partial charge in [0.1, 0.15) is 11.6 Å². The average molecular weight is 387 g/mol. The number of nitrogens with zero attached hydrogens (tertiary/aromatic N) is 4. The van der Waals surface area contributed by atoms with Crippen molar-refractivity contribution >= 4 is 11.6 Å². The molecule has 28 heavy (non-hydrogen) atoms. The third-order valence-electron chi connectivity index (χ3n) is 4.82. The first kappa shape index (κ1) is 20.1. The van der Waals surface area contributed by atoms with E-state index in [2.05, 4.69) is 9.89 Å². The summed E-state index contributed by atoms with van der Waals surface area (Å²) in [6.07, 6.45) is 0. The number of anilines is 1. The predicted octanol–water partition coefficient (Wildman–Crippen LogP) is 2.66. The molecule has 2 aromatic carbocycles. The number of hydrogen-bond donors (Lipinski definition) is 1. The third-order valence-corrected chi connectivity index (χ3v) is 4.82. The van der Waals surface area contributed by atoms with Gasteiger partial charge in [-0.05, 0) is 50.0 Å². The number of nitrogens with two attached hydrogens (primary N) is 1. The highest BCUT2D eigenvalue weighted by molar-refractivity contribution is 5.78. The zero-order valence-electron chi connectivity index (χ0n) is 16.4. The van der Waals surface area contributed by atoms with Crippen molar-refractivity contribution in [2.75, 3.05) is 45.2 Å². The molecule has 0 amide bonds. The summed E-state index contributed by atoms with van der Waals surface area (Å²) in [4.78, 5) is 10.6. The summed E-state index contributed by atoms with van der Waals surface area (Å²) in [5, 5.41) is 0. The smallest absolute Gasteiger partial charge is 0.191 e. The Labute approximate surface area is 165 Å². The fourth-order valence-corrected chi connectivity index (χ4v) is 3.28. The van der Waals surface area contributed by atoms with Gasteiger partial charge in [-0.2, -0.15) is 0 Å². The summed E-state index contributed by atoms with van der Waals surface area (Å²) in [5.74, 6) is 0.0226. The molecule has 0 unspecified atom stereocenters. The highest BCUT2D eigenvalue weighted by Gasteiger charge is 2.18. The van der Waals surface area contributed by atoms with Gasteiger partial charge in [0.15, 0.2) is 5.96 Å². The van der Waals surface area contributed by atoms with Crippen LogP contribution < -0.4 is 10.6 Å². The van der Waals surface area contributed by atoms with E-state index in [4.69, 9.17) is 5.73 Å². The van der Waals surface area contributed by atoms with E-state index < -0.39 is 0 Å². The number of rotatable bonds is 5. The first-order valence-electron chi connectivity index (χ1n) is 9.40. The Kier molecular flexibility index (Phi) is 6.46. The molecule has 0 aromatic heterocycles. The van der Waals surface area contributed by atoms with E-state index in [-0.39, 0.29) is 11.6 Å². The lowest BCUT2D eigenvalue weighted by Gasteiger charge is -2.36. The molecule has 0 aliphatic carbocycles. The number of guanidine groups is 1. The van der Waals surface area contributed by atoms with Crippen LogP contribution in [0.3, 0.4) is 0 Å². The maximum atomic E-state index is 14.2. The predicted molar refractivity (Wildman–Crippen MR) is 109 cm³/mol. The van der Waals surface area contributed by atoms with Crippen molar-refractivity contribution in [3.8, 4) is 0 Å². The van der Waals surface area contributed by atoms with Gasteiger partial charge in [0, 0.05) is 44.0 Å². The zero-order chi connectivity index (χ0) is 20.1. The van der Waals surface area contributed by atoms with E-state index in [1.165, 1.54) is 18.2 Å². The maximum absolute atomic E-state index is 14.2. The molecule has 5 nitrogen and oxygen atoms in total. The number of piperazine rings is 1. The van der Waals surface area contributed by atoms with Gasteiger partial charge < -0.3 is 20.4 Å². The van der Waals surface area contributed by atoms with Gasteiger partial charge in [0.25, 0.3) is 0 Å². The summed E-state index contributed by atoms with van der Waals surface area (Å²) >= 11 is 0. The van der Waals surface area contributed by atoms with E-state index >= 15 is 0 Å². The molecule has 7 heteroatoms. The Balaban J connectivity index is 1.54. The summed E-state index contributed by atoms with van der Waals surface area (Å²) in [5.41, 5.74) is 8.61. The minimum Gasteiger partial charge on any atom is -0.370 e. The highest BCUT2D eigenvalue weighted by Crippen LogP contribution is 2.17. The topological polar surface area (TPSA) is 48.1 Å². The van der Waals surface area contributed by atoms with Crippen LogP contribution in [0, 0.1) is 11.6 Å². The van der Waals surface area contributed by atoms with Gasteiger partial charge in [-0.15, -0.1) is 0 Å². The summed E-state index contributed by atoms with van der Waals surface area (Å²) in [6, 6.07) is 11.7. The lowest BCUT2D eigenvalue weighted by molar-refractivity contribution is 0.380. The molecule has 1 aliphatic heterocycles. The standard InChI is InChI=1S/C21H27F2N5/c1-26(2)15-17-4-3-16(13-20(17)23)14-25-21(24)28-11-9-27(10-12-28)19-7-5-18(22)6-8-19/h3-8,13H,9-12,14-15H2,1-2H3,(H2,24,25). The molecule has 0 bridgehead atoms. The molecule has 2 N–H and O–H groups in total. The molecule has 0 saturated carbocycles. The van der Waals surface area contributed by atoms with E-state index in [9.17, 15) is 8.78 Å². The Morgan fingerprint density at radius 2 is 1.71 bits per heavy atom. The Morgan fingerprint density at radius 3 is 2.32 bits per heavy atom. The first-order valence-corrected chi connectivity index (χ1v) is 9.40. The fourth-order valence-electron chi connectivity index (χ4n) is 3.28. The minimum atomic E-state index is -0.232. The Morgan fingerprint density at radius 1 is 1.04 bits per heavy atom. The van der Waals surface area contributed by atoms with Crippen molar-refractivity contribution in [1.29, 1.82) is 0 Å². The van der Waals surface area contributed by atoms with E-state index in [0.717, 1.165) is 37.4 Å². The van der Waals surface area contributed by atoms with Crippen LogP contribution in [0.2, 0.25) is 0 Å². The molecule has 3 rings (SSSR count). The zero-order valence-corrected chi connectivity index (χ0v) is 16.4. The fraction of sp³-hybridized carbons (Fsp3) is 0.381. The van der Waals surface area contributed by atoms with Crippen LogP contribution in [-0.4, -0.2) is 56.0 Å². The van der Waals surface area contributed by atoms with Gasteiger partial charge in [-0.1, -0.05) is 12.1 Å². The van der Waals surface area contributed by atoms with E-state index in [0.29, 0.717) is 24.6 Å². The largest absolute Gasteiger partial charge is 0.370 e. The molecule has 0 radical (unpaired) electrons. The molecule has 1 fully saturated rings. The normalized spacial score (nSPS) is 15.4. The molecule has 0 atom stereocenters. The monoisotopic (exact) mass is 387 g/mol. The molecular formula is C21H27F2N5. The number of halogens is 2. The quantitative estimate of drug-likeness (QED) is 0.633. The van der Waals surface area contributed by atoms with Crippen molar-refractivity contribution in [3.63, 3.8) is 0 Å². The molecule has 2 aromatic rings. The van der Waals surface area contributed by atoms with Crippen molar-refractivity contribution in [3.05, 3.63) is 65.2 Å². The third kappa shape index (κ3) is 5.19. The molecule has 150 valence electrons. The maximum Gasteiger partial charge on any atom is 0.191 e. The number of aliphatic imine (C=N–C) groups is 1. The van der Waals surface area contributed by atoms with E-state index in [1.807, 2.05) is 30.0 Å². The van der Waals surface area contributed by atoms with Gasteiger partial charge in [-0.3, -0.25) is 0 Å². The lowest BCUT2D eigenvalue weighted by Crippen LogP contribution is -2.51. The molecule has 1 aliphatic rings. The van der Waals surface area contributed by atoms with Crippen molar-refractivity contribution < 1.29 is 8.78 Å². The summed E-state index contributed by atoms with van der Waals surface area (Å²) in [6.45, 7) is 3.97. The van der Waals surface area contributed by atoms with Crippen molar-refractivity contribution in [2.24, 2.45) is 10.7 Å².